The van der Waals surface area contributed by atoms with Crippen molar-refractivity contribution in [3.05, 3.63) is 30.1 Å². The summed E-state index contributed by atoms with van der Waals surface area (Å²) in [6, 6.07) is 3.98. The second-order valence-electron chi connectivity index (χ2n) is 3.17. The van der Waals surface area contributed by atoms with Gasteiger partial charge in [0.1, 0.15) is 0 Å². The molecule has 0 aliphatic heterocycles. The van der Waals surface area contributed by atoms with E-state index in [-0.39, 0.29) is 12.0 Å². The minimum atomic E-state index is 0.100. The van der Waals surface area contributed by atoms with Crippen LogP contribution in [0.3, 0.4) is 0 Å². The van der Waals surface area contributed by atoms with Gasteiger partial charge in [0, 0.05) is 17.8 Å². The zero-order chi connectivity index (χ0) is 7.73. The molecule has 0 unspecified atom stereocenters. The van der Waals surface area contributed by atoms with Gasteiger partial charge in [0.15, 0.2) is 0 Å². The molecule has 58 valence electrons. The molecule has 0 amide bonds. The van der Waals surface area contributed by atoms with Crippen LogP contribution in [0.15, 0.2) is 24.5 Å². The largest absolute Gasteiger partial charge is 0.395 e. The Balaban J connectivity index is 2.30. The predicted octanol–water partition coefficient (Wildman–Crippen LogP) is 1.11. The minimum absolute atomic E-state index is 0.100. The first-order valence-corrected chi connectivity index (χ1v) is 3.89. The molecule has 0 atom stereocenters. The lowest BCUT2D eigenvalue weighted by atomic mass is 9.99. The Morgan fingerprint density at radius 1 is 1.36 bits per heavy atom. The van der Waals surface area contributed by atoms with Crippen LogP contribution in [0.1, 0.15) is 18.4 Å². The first-order valence-electron chi connectivity index (χ1n) is 3.89. The summed E-state index contributed by atoms with van der Waals surface area (Å²) in [5, 5.41) is 9.09. The number of aromatic nitrogens is 1. The summed E-state index contributed by atoms with van der Waals surface area (Å²) < 4.78 is 0. The Hall–Kier alpha value is -0.890. The first-order chi connectivity index (χ1) is 5.37. The predicted molar refractivity (Wildman–Crippen MR) is 42.2 cm³/mol. The van der Waals surface area contributed by atoms with Crippen LogP contribution < -0.4 is 0 Å². The van der Waals surface area contributed by atoms with Gasteiger partial charge in [-0.2, -0.15) is 0 Å². The van der Waals surface area contributed by atoms with E-state index < -0.39 is 0 Å². The van der Waals surface area contributed by atoms with Crippen LogP contribution in [0.5, 0.6) is 0 Å². The average Bonchev–Trinajstić information content (AvgIpc) is 2.86. The van der Waals surface area contributed by atoms with Crippen molar-refractivity contribution in [2.45, 2.75) is 18.3 Å². The fourth-order valence-electron chi connectivity index (χ4n) is 1.39. The summed E-state index contributed by atoms with van der Waals surface area (Å²) in [4.78, 5) is 3.94. The van der Waals surface area contributed by atoms with Crippen LogP contribution >= 0.6 is 0 Å². The van der Waals surface area contributed by atoms with E-state index in [1.807, 2.05) is 12.1 Å². The summed E-state index contributed by atoms with van der Waals surface area (Å²) in [5.74, 6) is 0. The fourth-order valence-corrected chi connectivity index (χ4v) is 1.39. The molecular weight excluding hydrogens is 138 g/mol. The van der Waals surface area contributed by atoms with E-state index >= 15 is 0 Å². The third-order valence-electron chi connectivity index (χ3n) is 2.45. The normalized spacial score (nSPS) is 19.7. The fraction of sp³-hybridized carbons (Fsp3) is 0.444. The lowest BCUT2D eigenvalue weighted by Crippen LogP contribution is -2.11. The maximum atomic E-state index is 9.09. The molecule has 0 aromatic carbocycles. The monoisotopic (exact) mass is 149 g/mol. The topological polar surface area (TPSA) is 33.1 Å². The standard InChI is InChI=1S/C9H11NO/c11-7-9(3-4-9)8-1-5-10-6-2-8/h1-2,5-6,11H,3-4,7H2. The van der Waals surface area contributed by atoms with Crippen molar-refractivity contribution >= 4 is 0 Å². The Bertz CT molecular complexity index is 241. The Labute approximate surface area is 65.9 Å². The summed E-state index contributed by atoms with van der Waals surface area (Å²) >= 11 is 0. The molecule has 0 bridgehead atoms. The quantitative estimate of drug-likeness (QED) is 0.683. The zero-order valence-electron chi connectivity index (χ0n) is 6.33. The SMILES string of the molecule is OCC1(c2ccncc2)CC1. The smallest absolute Gasteiger partial charge is 0.0527 e. The third kappa shape index (κ3) is 1.03. The van der Waals surface area contributed by atoms with Crippen LogP contribution in [0, 0.1) is 0 Å². The Kier molecular flexibility index (Phi) is 1.43. The highest BCUT2D eigenvalue weighted by molar-refractivity contribution is 5.29. The minimum Gasteiger partial charge on any atom is -0.395 e. The lowest BCUT2D eigenvalue weighted by Gasteiger charge is -2.10. The van der Waals surface area contributed by atoms with Crippen molar-refractivity contribution in [3.63, 3.8) is 0 Å². The number of hydrogen-bond acceptors (Lipinski definition) is 2. The Morgan fingerprint density at radius 2 is 2.00 bits per heavy atom. The van der Waals surface area contributed by atoms with Crippen molar-refractivity contribution in [2.24, 2.45) is 0 Å². The molecule has 0 spiro atoms. The van der Waals surface area contributed by atoms with Gasteiger partial charge in [0.25, 0.3) is 0 Å². The number of pyridine rings is 1. The molecule has 1 aliphatic carbocycles. The first kappa shape index (κ1) is 6.80. The van der Waals surface area contributed by atoms with Crippen molar-refractivity contribution < 1.29 is 5.11 Å². The van der Waals surface area contributed by atoms with E-state index in [2.05, 4.69) is 4.98 Å². The molecule has 11 heavy (non-hydrogen) atoms. The summed E-state index contributed by atoms with van der Waals surface area (Å²) in [7, 11) is 0. The molecule has 2 rings (SSSR count). The molecular formula is C9H11NO. The van der Waals surface area contributed by atoms with Crippen molar-refractivity contribution in [1.29, 1.82) is 0 Å². The van der Waals surface area contributed by atoms with E-state index in [4.69, 9.17) is 5.11 Å². The molecule has 1 aromatic rings. The molecule has 1 saturated carbocycles. The van der Waals surface area contributed by atoms with Gasteiger partial charge in [-0.3, -0.25) is 4.98 Å². The molecule has 0 radical (unpaired) electrons. The van der Waals surface area contributed by atoms with Gasteiger partial charge in [-0.25, -0.2) is 0 Å². The van der Waals surface area contributed by atoms with Gasteiger partial charge in [-0.1, -0.05) is 0 Å². The van der Waals surface area contributed by atoms with E-state index in [9.17, 15) is 0 Å². The molecule has 1 N–H and O–H groups in total. The molecule has 1 aliphatic rings. The van der Waals surface area contributed by atoms with Crippen molar-refractivity contribution in [1.82, 2.24) is 4.98 Å². The molecule has 1 heterocycles. The highest BCUT2D eigenvalue weighted by Gasteiger charge is 2.43. The van der Waals surface area contributed by atoms with Crippen molar-refractivity contribution in [2.75, 3.05) is 6.61 Å². The molecule has 2 heteroatoms. The molecule has 1 fully saturated rings. The maximum absolute atomic E-state index is 9.09. The van der Waals surface area contributed by atoms with Crippen LogP contribution in [-0.2, 0) is 5.41 Å². The zero-order valence-corrected chi connectivity index (χ0v) is 6.33. The highest BCUT2D eigenvalue weighted by atomic mass is 16.3. The number of nitrogens with zero attached hydrogens (tertiary/aromatic N) is 1. The van der Waals surface area contributed by atoms with Gasteiger partial charge in [0.05, 0.1) is 6.61 Å². The number of hydrogen-bond donors (Lipinski definition) is 1. The van der Waals surface area contributed by atoms with Crippen LogP contribution in [-0.4, -0.2) is 16.7 Å². The van der Waals surface area contributed by atoms with Gasteiger partial charge in [-0.05, 0) is 30.5 Å². The lowest BCUT2D eigenvalue weighted by molar-refractivity contribution is 0.255. The Morgan fingerprint density at radius 3 is 2.45 bits per heavy atom. The molecule has 0 saturated heterocycles. The number of aliphatic hydroxyl groups excluding tert-OH is 1. The second kappa shape index (κ2) is 2.31. The van der Waals surface area contributed by atoms with E-state index in [1.54, 1.807) is 12.4 Å². The maximum Gasteiger partial charge on any atom is 0.0527 e. The van der Waals surface area contributed by atoms with Crippen molar-refractivity contribution in [3.8, 4) is 0 Å². The van der Waals surface area contributed by atoms with Gasteiger partial charge >= 0.3 is 0 Å². The summed E-state index contributed by atoms with van der Waals surface area (Å²) in [6.45, 7) is 0.275. The molecule has 2 nitrogen and oxygen atoms in total. The van der Waals surface area contributed by atoms with E-state index in [0.29, 0.717) is 0 Å². The van der Waals surface area contributed by atoms with E-state index in [1.165, 1.54) is 5.56 Å². The van der Waals surface area contributed by atoms with Crippen LogP contribution in [0.4, 0.5) is 0 Å². The molecule has 1 aromatic heterocycles. The average molecular weight is 149 g/mol. The van der Waals surface area contributed by atoms with Crippen LogP contribution in [0.2, 0.25) is 0 Å². The highest BCUT2D eigenvalue weighted by Crippen LogP contribution is 2.47. The van der Waals surface area contributed by atoms with Gasteiger partial charge in [0.2, 0.25) is 0 Å². The summed E-state index contributed by atoms with van der Waals surface area (Å²) in [6.07, 6.45) is 5.80. The van der Waals surface area contributed by atoms with Gasteiger partial charge < -0.3 is 5.11 Å². The second-order valence-corrected chi connectivity index (χ2v) is 3.17. The van der Waals surface area contributed by atoms with Gasteiger partial charge in [-0.15, -0.1) is 0 Å². The number of aliphatic hydroxyl groups is 1. The van der Waals surface area contributed by atoms with Crippen LogP contribution in [0.25, 0.3) is 0 Å². The number of rotatable bonds is 2. The third-order valence-corrected chi connectivity index (χ3v) is 2.45. The van der Waals surface area contributed by atoms with E-state index in [0.717, 1.165) is 12.8 Å². The summed E-state index contributed by atoms with van der Waals surface area (Å²) in [5.41, 5.74) is 1.33.